The quantitative estimate of drug-likeness (QED) is 0.107. The SMILES string of the molecule is COCN(c1cccc2c(Oc3ncccc3-c3ccnc(SC)n3)c(C)ccc12)S(=O)(=O)Cc1ccccc1. The smallest absolute Gasteiger partial charge is 0.241 e. The van der Waals surface area contributed by atoms with Crippen LogP contribution in [0.5, 0.6) is 11.6 Å². The summed E-state index contributed by atoms with van der Waals surface area (Å²) < 4.78 is 40.4. The summed E-state index contributed by atoms with van der Waals surface area (Å²) in [6, 6.07) is 24.0. The lowest BCUT2D eigenvalue weighted by Gasteiger charge is -2.25. The molecule has 0 fully saturated rings. The molecule has 0 radical (unpaired) electrons. The van der Waals surface area contributed by atoms with E-state index in [-0.39, 0.29) is 12.5 Å². The summed E-state index contributed by atoms with van der Waals surface area (Å²) in [6.07, 6.45) is 5.29. The largest absolute Gasteiger partial charge is 0.437 e. The van der Waals surface area contributed by atoms with Crippen LogP contribution in [0.2, 0.25) is 0 Å². The Morgan fingerprint density at radius 1 is 0.875 bits per heavy atom. The van der Waals surface area contributed by atoms with Gasteiger partial charge in [-0.15, -0.1) is 0 Å². The Labute approximate surface area is 238 Å². The maximum Gasteiger partial charge on any atom is 0.241 e. The summed E-state index contributed by atoms with van der Waals surface area (Å²) in [5, 5.41) is 2.10. The van der Waals surface area contributed by atoms with E-state index in [9.17, 15) is 8.42 Å². The fraction of sp³-hybridized carbons (Fsp3) is 0.167. The molecule has 5 rings (SSSR count). The molecule has 0 atom stereocenters. The van der Waals surface area contributed by atoms with Crippen LogP contribution in [0, 0.1) is 6.92 Å². The van der Waals surface area contributed by atoms with Crippen LogP contribution in [-0.4, -0.2) is 43.5 Å². The standard InChI is InChI=1S/C30H28N4O4S2/c1-21-14-15-23-24(28(21)38-29-25(12-8-17-31-29)26-16-18-32-30(33-26)39-3)11-7-13-27(23)34(20-37-2)40(35,36)19-22-9-5-4-6-10-22/h4-18H,19-20H2,1-3H3. The molecule has 0 aliphatic heterocycles. The van der Waals surface area contributed by atoms with Crippen molar-refractivity contribution in [3.8, 4) is 22.9 Å². The van der Waals surface area contributed by atoms with Crippen molar-refractivity contribution < 1.29 is 17.9 Å². The number of hydrogen-bond acceptors (Lipinski definition) is 8. The van der Waals surface area contributed by atoms with E-state index >= 15 is 0 Å². The molecule has 0 spiro atoms. The maximum atomic E-state index is 13.6. The van der Waals surface area contributed by atoms with Crippen LogP contribution in [0.1, 0.15) is 11.1 Å². The van der Waals surface area contributed by atoms with Gasteiger partial charge in [0.05, 0.1) is 22.7 Å². The number of thioether (sulfide) groups is 1. The van der Waals surface area contributed by atoms with Gasteiger partial charge < -0.3 is 9.47 Å². The summed E-state index contributed by atoms with van der Waals surface area (Å²) in [5.41, 5.74) is 3.49. The molecule has 0 N–H and O–H groups in total. The van der Waals surface area contributed by atoms with E-state index in [0.29, 0.717) is 39.1 Å². The Hall–Kier alpha value is -3.99. The molecule has 0 amide bonds. The van der Waals surface area contributed by atoms with Gasteiger partial charge in [0.2, 0.25) is 15.9 Å². The van der Waals surface area contributed by atoms with Crippen LogP contribution < -0.4 is 9.04 Å². The van der Waals surface area contributed by atoms with E-state index in [0.717, 1.165) is 16.5 Å². The van der Waals surface area contributed by atoms with Crippen molar-refractivity contribution in [3.63, 3.8) is 0 Å². The average molecular weight is 573 g/mol. The van der Waals surface area contributed by atoms with Gasteiger partial charge in [0.15, 0.2) is 5.16 Å². The maximum absolute atomic E-state index is 13.6. The number of methoxy groups -OCH3 is 1. The molecule has 0 bridgehead atoms. The molecular formula is C30H28N4O4S2. The Balaban J connectivity index is 1.59. The van der Waals surface area contributed by atoms with Crippen LogP contribution in [0.15, 0.2) is 96.4 Å². The van der Waals surface area contributed by atoms with Gasteiger partial charge in [0, 0.05) is 30.3 Å². The second-order valence-electron chi connectivity index (χ2n) is 8.98. The number of hydrogen-bond donors (Lipinski definition) is 0. The number of sulfonamides is 1. The minimum Gasteiger partial charge on any atom is -0.437 e. The molecule has 204 valence electrons. The molecule has 0 unspecified atom stereocenters. The number of anilines is 1. The number of benzene rings is 3. The van der Waals surface area contributed by atoms with Gasteiger partial charge in [-0.3, -0.25) is 0 Å². The summed E-state index contributed by atoms with van der Waals surface area (Å²) in [7, 11) is -2.30. The first-order chi connectivity index (χ1) is 19.4. The average Bonchev–Trinajstić information content (AvgIpc) is 2.97. The number of nitrogens with zero attached hydrogens (tertiary/aromatic N) is 4. The Bertz CT molecular complexity index is 1750. The number of aryl methyl sites for hydroxylation is 1. The van der Waals surface area contributed by atoms with Crippen molar-refractivity contribution >= 4 is 38.2 Å². The van der Waals surface area contributed by atoms with Gasteiger partial charge in [-0.1, -0.05) is 66.4 Å². The third kappa shape index (κ3) is 5.79. The van der Waals surface area contributed by atoms with Crippen molar-refractivity contribution in [2.75, 3.05) is 24.4 Å². The minimum atomic E-state index is -3.77. The van der Waals surface area contributed by atoms with E-state index in [1.54, 1.807) is 30.6 Å². The fourth-order valence-corrected chi connectivity index (χ4v) is 6.26. The lowest BCUT2D eigenvalue weighted by Crippen LogP contribution is -2.34. The number of fused-ring (bicyclic) bond motifs is 1. The predicted octanol–water partition coefficient (Wildman–Crippen LogP) is 6.45. The molecule has 0 saturated heterocycles. The number of aromatic nitrogens is 3. The van der Waals surface area contributed by atoms with E-state index < -0.39 is 10.0 Å². The van der Waals surface area contributed by atoms with E-state index in [2.05, 4.69) is 15.0 Å². The minimum absolute atomic E-state index is 0.131. The zero-order chi connectivity index (χ0) is 28.1. The highest BCUT2D eigenvalue weighted by atomic mass is 32.2. The molecule has 10 heteroatoms. The molecule has 0 aliphatic carbocycles. The van der Waals surface area contributed by atoms with Gasteiger partial charge in [-0.2, -0.15) is 0 Å². The topological polar surface area (TPSA) is 94.5 Å². The van der Waals surface area contributed by atoms with E-state index in [1.807, 2.05) is 73.8 Å². The highest BCUT2D eigenvalue weighted by Crippen LogP contribution is 2.40. The van der Waals surface area contributed by atoms with Crippen molar-refractivity contribution in [3.05, 3.63) is 102 Å². The van der Waals surface area contributed by atoms with Gasteiger partial charge in [0.1, 0.15) is 12.5 Å². The highest BCUT2D eigenvalue weighted by molar-refractivity contribution is 7.98. The first kappa shape index (κ1) is 27.6. The van der Waals surface area contributed by atoms with E-state index in [4.69, 9.17) is 9.47 Å². The molecule has 0 saturated carbocycles. The van der Waals surface area contributed by atoms with Gasteiger partial charge >= 0.3 is 0 Å². The second kappa shape index (κ2) is 12.0. The van der Waals surface area contributed by atoms with E-state index in [1.165, 1.54) is 23.2 Å². The first-order valence-electron chi connectivity index (χ1n) is 12.5. The number of ether oxygens (including phenoxy) is 2. The molecule has 5 aromatic rings. The summed E-state index contributed by atoms with van der Waals surface area (Å²) >= 11 is 1.45. The summed E-state index contributed by atoms with van der Waals surface area (Å²) in [4.78, 5) is 13.4. The third-order valence-electron chi connectivity index (χ3n) is 6.29. The Kier molecular flexibility index (Phi) is 8.29. The zero-order valence-electron chi connectivity index (χ0n) is 22.3. The summed E-state index contributed by atoms with van der Waals surface area (Å²) in [6.45, 7) is 1.81. The Morgan fingerprint density at radius 2 is 1.70 bits per heavy atom. The van der Waals surface area contributed by atoms with Gasteiger partial charge in [-0.05, 0) is 48.6 Å². The van der Waals surface area contributed by atoms with Crippen molar-refractivity contribution in [1.82, 2.24) is 15.0 Å². The lowest BCUT2D eigenvalue weighted by molar-refractivity contribution is 0.210. The lowest BCUT2D eigenvalue weighted by atomic mass is 10.0. The first-order valence-corrected chi connectivity index (χ1v) is 15.3. The van der Waals surface area contributed by atoms with Crippen LogP contribution in [0.25, 0.3) is 22.0 Å². The normalized spacial score (nSPS) is 11.5. The third-order valence-corrected chi connectivity index (χ3v) is 8.52. The highest BCUT2D eigenvalue weighted by Gasteiger charge is 2.26. The second-order valence-corrected chi connectivity index (χ2v) is 11.6. The molecule has 8 nitrogen and oxygen atoms in total. The van der Waals surface area contributed by atoms with Gasteiger partial charge in [-0.25, -0.2) is 27.7 Å². The van der Waals surface area contributed by atoms with Gasteiger partial charge in [0.25, 0.3) is 0 Å². The van der Waals surface area contributed by atoms with Crippen molar-refractivity contribution in [1.29, 1.82) is 0 Å². The monoisotopic (exact) mass is 572 g/mol. The predicted molar refractivity (Wildman–Crippen MR) is 159 cm³/mol. The van der Waals surface area contributed by atoms with Crippen LogP contribution in [-0.2, 0) is 20.5 Å². The molecule has 0 aliphatic rings. The molecule has 40 heavy (non-hydrogen) atoms. The number of rotatable bonds is 10. The summed E-state index contributed by atoms with van der Waals surface area (Å²) in [5.74, 6) is 0.813. The van der Waals surface area contributed by atoms with Crippen LogP contribution >= 0.6 is 11.8 Å². The molecule has 2 heterocycles. The van der Waals surface area contributed by atoms with Crippen LogP contribution in [0.3, 0.4) is 0 Å². The Morgan fingerprint density at radius 3 is 2.48 bits per heavy atom. The molecule has 3 aromatic carbocycles. The van der Waals surface area contributed by atoms with Crippen LogP contribution in [0.4, 0.5) is 5.69 Å². The van der Waals surface area contributed by atoms with Crippen molar-refractivity contribution in [2.24, 2.45) is 0 Å². The zero-order valence-corrected chi connectivity index (χ0v) is 23.9. The van der Waals surface area contributed by atoms with Crippen molar-refractivity contribution in [2.45, 2.75) is 17.8 Å². The number of pyridine rings is 1. The molecular weight excluding hydrogens is 544 g/mol. The fourth-order valence-electron chi connectivity index (χ4n) is 4.41. The molecule has 2 aromatic heterocycles.